The molecule has 0 saturated carbocycles. The molecule has 94 valence electrons. The van der Waals surface area contributed by atoms with E-state index in [4.69, 9.17) is 5.11 Å². The molecular formula is C11H16N2O3S. The minimum Gasteiger partial charge on any atom is -0.481 e. The average molecular weight is 256 g/mol. The van der Waals surface area contributed by atoms with Crippen molar-refractivity contribution in [3.63, 3.8) is 0 Å². The van der Waals surface area contributed by atoms with Crippen molar-refractivity contribution in [3.05, 3.63) is 22.4 Å². The second-order valence-electron chi connectivity index (χ2n) is 3.47. The van der Waals surface area contributed by atoms with Crippen LogP contribution in [-0.2, 0) is 11.3 Å². The van der Waals surface area contributed by atoms with Crippen molar-refractivity contribution in [2.75, 3.05) is 13.1 Å². The zero-order chi connectivity index (χ0) is 12.7. The van der Waals surface area contributed by atoms with E-state index in [-0.39, 0.29) is 19.0 Å². The number of carboxylic acids is 1. The summed E-state index contributed by atoms with van der Waals surface area (Å²) in [4.78, 5) is 24.8. The van der Waals surface area contributed by atoms with Crippen LogP contribution in [0.15, 0.2) is 17.5 Å². The highest BCUT2D eigenvalue weighted by atomic mass is 32.1. The molecule has 1 aromatic heterocycles. The fraction of sp³-hybridized carbons (Fsp3) is 0.455. The van der Waals surface area contributed by atoms with Crippen LogP contribution in [0, 0.1) is 0 Å². The van der Waals surface area contributed by atoms with E-state index in [0.29, 0.717) is 13.1 Å². The number of amides is 2. The zero-order valence-electron chi connectivity index (χ0n) is 9.68. The van der Waals surface area contributed by atoms with Crippen molar-refractivity contribution < 1.29 is 14.7 Å². The van der Waals surface area contributed by atoms with Crippen molar-refractivity contribution in [3.8, 4) is 0 Å². The van der Waals surface area contributed by atoms with Gasteiger partial charge in [0.2, 0.25) is 0 Å². The van der Waals surface area contributed by atoms with E-state index >= 15 is 0 Å². The molecule has 0 saturated heterocycles. The fourth-order valence-electron chi connectivity index (χ4n) is 1.31. The van der Waals surface area contributed by atoms with Gasteiger partial charge in [0.05, 0.1) is 13.0 Å². The molecule has 17 heavy (non-hydrogen) atoms. The number of aliphatic carboxylic acids is 1. The second-order valence-corrected chi connectivity index (χ2v) is 4.50. The van der Waals surface area contributed by atoms with Crippen molar-refractivity contribution in [1.82, 2.24) is 10.2 Å². The van der Waals surface area contributed by atoms with E-state index in [2.05, 4.69) is 5.32 Å². The molecule has 0 unspecified atom stereocenters. The lowest BCUT2D eigenvalue weighted by atomic mass is 10.4. The van der Waals surface area contributed by atoms with Gasteiger partial charge in [-0.25, -0.2) is 4.79 Å². The maximum absolute atomic E-state index is 11.7. The van der Waals surface area contributed by atoms with Gasteiger partial charge in [-0.2, -0.15) is 0 Å². The molecule has 1 aromatic rings. The number of carbonyl (C=O) groups excluding carboxylic acids is 1. The minimum atomic E-state index is -0.911. The van der Waals surface area contributed by atoms with Crippen LogP contribution in [-0.4, -0.2) is 35.1 Å². The predicted octanol–water partition coefficient (Wildman–Crippen LogP) is 1.75. The van der Waals surface area contributed by atoms with Crippen LogP contribution >= 0.6 is 11.3 Å². The lowest BCUT2D eigenvalue weighted by molar-refractivity contribution is -0.136. The number of nitrogens with zero attached hydrogens (tertiary/aromatic N) is 1. The molecule has 0 aromatic carbocycles. The summed E-state index contributed by atoms with van der Waals surface area (Å²) in [6.07, 6.45) is -0.0533. The summed E-state index contributed by atoms with van der Waals surface area (Å²) in [5.74, 6) is -0.911. The van der Waals surface area contributed by atoms with Crippen LogP contribution < -0.4 is 5.32 Å². The summed E-state index contributed by atoms with van der Waals surface area (Å²) >= 11 is 1.60. The molecule has 2 amide bonds. The number of carbonyl (C=O) groups is 2. The average Bonchev–Trinajstić information content (AvgIpc) is 2.77. The minimum absolute atomic E-state index is 0.0533. The summed E-state index contributed by atoms with van der Waals surface area (Å²) in [7, 11) is 0. The highest BCUT2D eigenvalue weighted by Crippen LogP contribution is 2.11. The molecule has 1 heterocycles. The van der Waals surface area contributed by atoms with Gasteiger partial charge in [0, 0.05) is 18.0 Å². The van der Waals surface area contributed by atoms with Crippen molar-refractivity contribution >= 4 is 23.3 Å². The van der Waals surface area contributed by atoms with Crippen LogP contribution in [0.3, 0.4) is 0 Å². The molecule has 0 bridgehead atoms. The maximum Gasteiger partial charge on any atom is 0.317 e. The van der Waals surface area contributed by atoms with E-state index in [9.17, 15) is 9.59 Å². The topological polar surface area (TPSA) is 69.6 Å². The van der Waals surface area contributed by atoms with E-state index in [1.165, 1.54) is 0 Å². The number of urea groups is 1. The molecule has 1 rings (SSSR count). The van der Waals surface area contributed by atoms with Gasteiger partial charge in [-0.15, -0.1) is 11.3 Å². The summed E-state index contributed by atoms with van der Waals surface area (Å²) < 4.78 is 0. The molecule has 0 aliphatic rings. The number of thiophene rings is 1. The van der Waals surface area contributed by atoms with Crippen LogP contribution in [0.1, 0.15) is 18.2 Å². The summed E-state index contributed by atoms with van der Waals surface area (Å²) in [6.45, 7) is 3.21. The van der Waals surface area contributed by atoms with Gasteiger partial charge in [0.1, 0.15) is 0 Å². The molecule has 6 heteroatoms. The van der Waals surface area contributed by atoms with Crippen molar-refractivity contribution in [2.45, 2.75) is 19.9 Å². The summed E-state index contributed by atoms with van der Waals surface area (Å²) in [5.41, 5.74) is 0. The van der Waals surface area contributed by atoms with E-state index in [0.717, 1.165) is 4.88 Å². The van der Waals surface area contributed by atoms with Gasteiger partial charge < -0.3 is 15.3 Å². The quantitative estimate of drug-likeness (QED) is 0.814. The van der Waals surface area contributed by atoms with Crippen LogP contribution in [0.25, 0.3) is 0 Å². The van der Waals surface area contributed by atoms with E-state index < -0.39 is 5.97 Å². The number of carboxylic acid groups (broad SMARTS) is 1. The monoisotopic (exact) mass is 256 g/mol. The van der Waals surface area contributed by atoms with Gasteiger partial charge >= 0.3 is 12.0 Å². The van der Waals surface area contributed by atoms with Gasteiger partial charge in [-0.1, -0.05) is 6.07 Å². The first-order valence-corrected chi connectivity index (χ1v) is 6.28. The van der Waals surface area contributed by atoms with Gasteiger partial charge in [0.15, 0.2) is 0 Å². The number of rotatable bonds is 6. The molecule has 2 N–H and O–H groups in total. The SMILES string of the molecule is CCN(Cc1cccs1)C(=O)NCCC(=O)O. The van der Waals surface area contributed by atoms with Crippen LogP contribution in [0.2, 0.25) is 0 Å². The Morgan fingerprint density at radius 3 is 2.82 bits per heavy atom. The fourth-order valence-corrected chi connectivity index (χ4v) is 2.03. The van der Waals surface area contributed by atoms with Crippen molar-refractivity contribution in [2.24, 2.45) is 0 Å². The standard InChI is InChI=1S/C11H16N2O3S/c1-2-13(8-9-4-3-7-17-9)11(16)12-6-5-10(14)15/h3-4,7H,2,5-6,8H2,1H3,(H,12,16)(H,14,15). The third-order valence-corrected chi connectivity index (χ3v) is 3.07. The Labute approximate surface area is 104 Å². The third kappa shape index (κ3) is 4.86. The predicted molar refractivity (Wildman–Crippen MR) is 66.1 cm³/mol. The van der Waals surface area contributed by atoms with Gasteiger partial charge in [0.25, 0.3) is 0 Å². The Morgan fingerprint density at radius 2 is 2.29 bits per heavy atom. The molecule has 5 nitrogen and oxygen atoms in total. The Hall–Kier alpha value is -1.56. The molecule has 0 atom stereocenters. The zero-order valence-corrected chi connectivity index (χ0v) is 10.5. The summed E-state index contributed by atoms with van der Waals surface area (Å²) in [6, 6.07) is 3.69. The lowest BCUT2D eigenvalue weighted by Gasteiger charge is -2.20. The first-order valence-electron chi connectivity index (χ1n) is 5.40. The molecule has 0 aliphatic heterocycles. The maximum atomic E-state index is 11.7. The van der Waals surface area contributed by atoms with Crippen molar-refractivity contribution in [1.29, 1.82) is 0 Å². The molecule has 0 aliphatic carbocycles. The Balaban J connectivity index is 2.38. The third-order valence-electron chi connectivity index (χ3n) is 2.21. The number of hydrogen-bond donors (Lipinski definition) is 2. The van der Waals surface area contributed by atoms with Gasteiger partial charge in [-0.05, 0) is 18.4 Å². The molecule has 0 radical (unpaired) electrons. The molecular weight excluding hydrogens is 240 g/mol. The highest BCUT2D eigenvalue weighted by Gasteiger charge is 2.12. The Morgan fingerprint density at radius 1 is 1.53 bits per heavy atom. The Kier molecular flexibility index (Phi) is 5.48. The first kappa shape index (κ1) is 13.5. The summed E-state index contributed by atoms with van der Waals surface area (Å²) in [5, 5.41) is 13.0. The van der Waals surface area contributed by atoms with Crippen LogP contribution in [0.4, 0.5) is 4.79 Å². The normalized spacial score (nSPS) is 9.94. The molecule has 0 spiro atoms. The van der Waals surface area contributed by atoms with E-state index in [1.807, 2.05) is 24.4 Å². The second kappa shape index (κ2) is 6.90. The highest BCUT2D eigenvalue weighted by molar-refractivity contribution is 7.09. The number of hydrogen-bond acceptors (Lipinski definition) is 3. The first-order chi connectivity index (χ1) is 8.13. The largest absolute Gasteiger partial charge is 0.481 e. The Bertz CT molecular complexity index is 365. The van der Waals surface area contributed by atoms with Gasteiger partial charge in [-0.3, -0.25) is 4.79 Å². The van der Waals surface area contributed by atoms with E-state index in [1.54, 1.807) is 16.2 Å². The lowest BCUT2D eigenvalue weighted by Crippen LogP contribution is -2.40. The smallest absolute Gasteiger partial charge is 0.317 e. The molecule has 0 fully saturated rings. The number of nitrogens with one attached hydrogen (secondary N) is 1. The van der Waals surface area contributed by atoms with Crippen LogP contribution in [0.5, 0.6) is 0 Å².